The summed E-state index contributed by atoms with van der Waals surface area (Å²) in [5.74, 6) is -1.36. The number of rotatable bonds is 8. The molecule has 4 saturated carbocycles. The van der Waals surface area contributed by atoms with Crippen LogP contribution < -0.4 is 19.5 Å². The smallest absolute Gasteiger partial charge is 0.259 e. The Morgan fingerprint density at radius 1 is 1.00 bits per heavy atom. The number of aryl methyl sites for hydroxylation is 1. The second kappa shape index (κ2) is 15.1. The quantitative estimate of drug-likeness (QED) is 0.255. The fraction of sp³-hybridized carbons (Fsp3) is 0.585. The van der Waals surface area contributed by atoms with Gasteiger partial charge < -0.3 is 19.7 Å². The molecule has 8 rings (SSSR count). The van der Waals surface area contributed by atoms with Crippen LogP contribution in [-0.2, 0) is 24.4 Å². The highest BCUT2D eigenvalue weighted by atomic mass is 32.2. The van der Waals surface area contributed by atoms with Gasteiger partial charge in [-0.05, 0) is 83.3 Å². The maximum Gasteiger partial charge on any atom is 0.259 e. The number of nitrogens with zero attached hydrogens (tertiary/aromatic N) is 3. The molecule has 0 radical (unpaired) electrons. The first-order valence-electron chi connectivity index (χ1n) is 19.9. The van der Waals surface area contributed by atoms with Crippen molar-refractivity contribution in [1.29, 1.82) is 0 Å². The first-order chi connectivity index (χ1) is 26.5. The number of hydrogen-bond acceptors (Lipinski definition) is 10. The number of hydrogen-bond donors (Lipinski definition) is 2. The van der Waals surface area contributed by atoms with E-state index in [0.717, 1.165) is 59.3 Å². The van der Waals surface area contributed by atoms with Gasteiger partial charge in [-0.3, -0.25) is 19.1 Å². The Hall–Kier alpha value is -4.04. The summed E-state index contributed by atoms with van der Waals surface area (Å²) in [7, 11) is -0.422. The van der Waals surface area contributed by atoms with Crippen molar-refractivity contribution in [3.05, 3.63) is 46.3 Å². The Bertz CT molecular complexity index is 2130. The van der Waals surface area contributed by atoms with Crippen LogP contribution in [0.1, 0.15) is 100.0 Å². The molecule has 3 amide bonds. The van der Waals surface area contributed by atoms with E-state index in [1.165, 1.54) is 19.3 Å². The van der Waals surface area contributed by atoms with Crippen LogP contribution in [0.2, 0.25) is 0 Å². The summed E-state index contributed by atoms with van der Waals surface area (Å²) < 4.78 is 40.4. The second-order valence-corrected chi connectivity index (χ2v) is 19.1. The number of carbonyl (C=O) groups excluding carboxylic acids is 3. The van der Waals surface area contributed by atoms with Crippen LogP contribution in [-0.4, -0.2) is 78.6 Å². The lowest BCUT2D eigenvalue weighted by molar-refractivity contribution is -0.140. The monoisotopic (exact) mass is 789 g/mol. The zero-order chi connectivity index (χ0) is 38.5. The molecule has 14 heteroatoms. The van der Waals surface area contributed by atoms with Crippen molar-refractivity contribution in [1.82, 2.24) is 24.9 Å². The van der Waals surface area contributed by atoms with Crippen LogP contribution in [0.25, 0.3) is 22.3 Å². The SMILES string of the molecule is COc1ccc2c(OC3CC4C(=O)NC5(C(=O)NS(=O)(=O)C6CC6)C[C@H]5/C=C/CCCCN(C)C(=O)C4C3)cc(-c3csc(C4CCCCC4)n3)nc2c1C. The summed E-state index contributed by atoms with van der Waals surface area (Å²) in [6.07, 6.45) is 13.7. The van der Waals surface area contributed by atoms with Gasteiger partial charge in [0.05, 0.1) is 46.1 Å². The van der Waals surface area contributed by atoms with Gasteiger partial charge in [0, 0.05) is 47.8 Å². The zero-order valence-corrected chi connectivity index (χ0v) is 33.5. The third-order valence-corrected chi connectivity index (χ3v) is 15.2. The molecule has 2 aromatic heterocycles. The number of benzene rings is 1. The summed E-state index contributed by atoms with van der Waals surface area (Å²) >= 11 is 1.68. The maximum atomic E-state index is 14.4. The van der Waals surface area contributed by atoms with Gasteiger partial charge in [0.2, 0.25) is 21.8 Å². The fourth-order valence-corrected chi connectivity index (χ4v) is 11.2. The van der Waals surface area contributed by atoms with Crippen molar-refractivity contribution in [3.63, 3.8) is 0 Å². The van der Waals surface area contributed by atoms with Gasteiger partial charge in [0.1, 0.15) is 23.1 Å². The molecule has 2 N–H and O–H groups in total. The Kier molecular flexibility index (Phi) is 10.4. The number of amides is 3. The number of ether oxygens (including phenoxy) is 2. The van der Waals surface area contributed by atoms with Gasteiger partial charge in [0.25, 0.3) is 5.91 Å². The first kappa shape index (κ1) is 37.9. The number of thiazole rings is 1. The molecule has 0 saturated heterocycles. The highest BCUT2D eigenvalue weighted by molar-refractivity contribution is 7.91. The molecule has 5 aliphatic rings. The zero-order valence-electron chi connectivity index (χ0n) is 31.8. The van der Waals surface area contributed by atoms with Crippen LogP contribution in [0.15, 0.2) is 35.7 Å². The van der Waals surface area contributed by atoms with Crippen LogP contribution in [0, 0.1) is 24.7 Å². The van der Waals surface area contributed by atoms with Crippen molar-refractivity contribution in [3.8, 4) is 22.9 Å². The molecule has 12 nitrogen and oxygen atoms in total. The van der Waals surface area contributed by atoms with E-state index in [1.807, 2.05) is 37.3 Å². The van der Waals surface area contributed by atoms with E-state index in [4.69, 9.17) is 19.4 Å². The van der Waals surface area contributed by atoms with E-state index in [2.05, 4.69) is 15.4 Å². The second-order valence-electron chi connectivity index (χ2n) is 16.3. The highest BCUT2D eigenvalue weighted by Gasteiger charge is 2.62. The molecule has 55 heavy (non-hydrogen) atoms. The van der Waals surface area contributed by atoms with E-state index in [1.54, 1.807) is 30.4 Å². The molecule has 4 aliphatic carbocycles. The normalized spacial score (nSPS) is 28.5. The summed E-state index contributed by atoms with van der Waals surface area (Å²) in [4.78, 5) is 54.0. The summed E-state index contributed by atoms with van der Waals surface area (Å²) in [5, 5.41) is 6.39. The molecule has 1 aliphatic heterocycles. The average Bonchev–Trinajstić information content (AvgIpc) is 4.06. The lowest BCUT2D eigenvalue weighted by atomic mass is 9.90. The van der Waals surface area contributed by atoms with E-state index >= 15 is 0 Å². The van der Waals surface area contributed by atoms with E-state index in [9.17, 15) is 22.8 Å². The summed E-state index contributed by atoms with van der Waals surface area (Å²) in [5.41, 5.74) is 1.67. The fourth-order valence-electron chi connectivity index (χ4n) is 8.84. The molecule has 294 valence electrons. The topological polar surface area (TPSA) is 157 Å². The number of methoxy groups -OCH3 is 1. The number of aromatic nitrogens is 2. The van der Waals surface area contributed by atoms with E-state index in [0.29, 0.717) is 55.3 Å². The van der Waals surface area contributed by atoms with Gasteiger partial charge >= 0.3 is 0 Å². The number of allylic oxidation sites excluding steroid dienone is 1. The molecule has 0 spiro atoms. The average molecular weight is 790 g/mol. The number of fused-ring (bicyclic) bond motifs is 3. The van der Waals surface area contributed by atoms with Crippen molar-refractivity contribution >= 4 is 50.0 Å². The number of carbonyl (C=O) groups is 3. The lowest BCUT2D eigenvalue weighted by Gasteiger charge is -2.26. The van der Waals surface area contributed by atoms with Crippen molar-refractivity contribution in [2.24, 2.45) is 17.8 Å². The molecule has 0 bridgehead atoms. The van der Waals surface area contributed by atoms with Gasteiger partial charge in [-0.1, -0.05) is 31.4 Å². The number of sulfonamides is 1. The van der Waals surface area contributed by atoms with Crippen LogP contribution in [0.5, 0.6) is 11.5 Å². The molecule has 1 aromatic carbocycles. The minimum absolute atomic E-state index is 0.139. The van der Waals surface area contributed by atoms with Crippen LogP contribution >= 0.6 is 11.3 Å². The third kappa shape index (κ3) is 7.60. The Labute approximate surface area is 326 Å². The maximum absolute atomic E-state index is 14.4. The first-order valence-corrected chi connectivity index (χ1v) is 22.3. The van der Waals surface area contributed by atoms with Crippen LogP contribution in [0.4, 0.5) is 0 Å². The predicted octanol–water partition coefficient (Wildman–Crippen LogP) is 6.18. The molecule has 5 atom stereocenters. The van der Waals surface area contributed by atoms with Gasteiger partial charge in [-0.15, -0.1) is 11.3 Å². The molecular formula is C41H51N5O7S2. The summed E-state index contributed by atoms with van der Waals surface area (Å²) in [6, 6.07) is 5.74. The van der Waals surface area contributed by atoms with Crippen molar-refractivity contribution in [2.75, 3.05) is 20.7 Å². The number of nitrogens with one attached hydrogen (secondary N) is 2. The third-order valence-electron chi connectivity index (χ3n) is 12.4. The summed E-state index contributed by atoms with van der Waals surface area (Å²) in [6.45, 7) is 2.53. The predicted molar refractivity (Wildman–Crippen MR) is 210 cm³/mol. The largest absolute Gasteiger partial charge is 0.496 e. The molecule has 3 aromatic rings. The Morgan fingerprint density at radius 2 is 1.78 bits per heavy atom. The van der Waals surface area contributed by atoms with E-state index < -0.39 is 50.6 Å². The lowest BCUT2D eigenvalue weighted by Crippen LogP contribution is -2.54. The van der Waals surface area contributed by atoms with E-state index in [-0.39, 0.29) is 18.2 Å². The van der Waals surface area contributed by atoms with Gasteiger partial charge in [-0.25, -0.2) is 18.4 Å². The van der Waals surface area contributed by atoms with Crippen molar-refractivity contribution < 1.29 is 32.3 Å². The van der Waals surface area contributed by atoms with Crippen LogP contribution in [0.3, 0.4) is 0 Å². The Balaban J connectivity index is 1.10. The Morgan fingerprint density at radius 3 is 2.55 bits per heavy atom. The molecular weight excluding hydrogens is 739 g/mol. The van der Waals surface area contributed by atoms with Gasteiger partial charge in [0.15, 0.2) is 0 Å². The standard InChI is InChI=1S/C41H51N5O7S2/c1-24-34(52-3)17-16-29-35(21-32(42-36(24)29)33-23-54-38(43-33)25-11-7-6-8-12-25)53-27-19-30-31(20-27)39(48)46(2)18-10-5-4-9-13-26-22-41(26,44-37(30)47)40(49)45-55(50,51)28-14-15-28/h9,13,16-17,21,23,25-28,30-31H,4-8,10-12,14-15,18-20,22H2,1-3H3,(H,44,47)(H,45,49)/b13-9+/t26-,27?,30?,31?,41?/m1/s1. The minimum Gasteiger partial charge on any atom is -0.496 e. The molecule has 4 unspecified atom stereocenters. The van der Waals surface area contributed by atoms with Gasteiger partial charge in [-0.2, -0.15) is 0 Å². The van der Waals surface area contributed by atoms with Crippen molar-refractivity contribution in [2.45, 2.75) is 113 Å². The number of pyridine rings is 1. The highest BCUT2D eigenvalue weighted by Crippen LogP contribution is 2.47. The minimum atomic E-state index is -3.83. The molecule has 3 heterocycles. The molecule has 4 fully saturated rings.